The average molecular weight is 265 g/mol. The molecule has 1 aliphatic rings. The van der Waals surface area contributed by atoms with E-state index in [1.54, 1.807) is 0 Å². The zero-order valence-corrected chi connectivity index (χ0v) is 11.1. The molecule has 2 rings (SSSR count). The SMILES string of the molecule is CC1CCN(CCOc2ccc([N+](=O)[O-])cn2)CC1. The van der Waals surface area contributed by atoms with Crippen LogP contribution < -0.4 is 4.74 Å². The van der Waals surface area contributed by atoms with Gasteiger partial charge in [-0.1, -0.05) is 6.92 Å². The molecule has 1 aliphatic heterocycles. The molecule has 104 valence electrons. The largest absolute Gasteiger partial charge is 0.476 e. The molecule has 0 bridgehead atoms. The van der Waals surface area contributed by atoms with Crippen LogP contribution in [0.5, 0.6) is 5.88 Å². The standard InChI is InChI=1S/C13H19N3O3/c1-11-4-6-15(7-5-11)8-9-19-13-3-2-12(10-14-13)16(17)18/h2-3,10-11H,4-9H2,1H3. The van der Waals surface area contributed by atoms with Gasteiger partial charge in [-0.2, -0.15) is 0 Å². The van der Waals surface area contributed by atoms with Crippen molar-refractivity contribution in [2.75, 3.05) is 26.2 Å². The van der Waals surface area contributed by atoms with Crippen molar-refractivity contribution in [1.82, 2.24) is 9.88 Å². The average Bonchev–Trinajstić information content (AvgIpc) is 2.41. The molecule has 0 amide bonds. The van der Waals surface area contributed by atoms with Gasteiger partial charge in [0, 0.05) is 18.7 Å². The summed E-state index contributed by atoms with van der Waals surface area (Å²) >= 11 is 0. The normalized spacial score (nSPS) is 17.3. The van der Waals surface area contributed by atoms with Crippen LogP contribution >= 0.6 is 0 Å². The molecule has 0 aliphatic carbocycles. The van der Waals surface area contributed by atoms with Crippen molar-refractivity contribution in [1.29, 1.82) is 0 Å². The van der Waals surface area contributed by atoms with Gasteiger partial charge in [0.1, 0.15) is 12.8 Å². The fraction of sp³-hybridized carbons (Fsp3) is 0.615. The van der Waals surface area contributed by atoms with Gasteiger partial charge in [0.05, 0.1) is 4.92 Å². The summed E-state index contributed by atoms with van der Waals surface area (Å²) < 4.78 is 5.49. The predicted octanol–water partition coefficient (Wildman–Crippen LogP) is 2.10. The number of piperidine rings is 1. The Morgan fingerprint density at radius 2 is 2.21 bits per heavy atom. The first-order valence-electron chi connectivity index (χ1n) is 6.61. The van der Waals surface area contributed by atoms with Crippen LogP contribution in [0, 0.1) is 16.0 Å². The molecule has 1 fully saturated rings. The number of rotatable bonds is 5. The summed E-state index contributed by atoms with van der Waals surface area (Å²) in [6.45, 7) is 5.98. The smallest absolute Gasteiger partial charge is 0.287 e. The van der Waals surface area contributed by atoms with Crippen LogP contribution in [0.3, 0.4) is 0 Å². The lowest BCUT2D eigenvalue weighted by Gasteiger charge is -2.29. The van der Waals surface area contributed by atoms with Gasteiger partial charge < -0.3 is 4.74 Å². The Labute approximate surface area is 112 Å². The minimum absolute atomic E-state index is 0.0163. The maximum atomic E-state index is 10.5. The minimum Gasteiger partial charge on any atom is -0.476 e. The maximum Gasteiger partial charge on any atom is 0.287 e. The molecule has 0 unspecified atom stereocenters. The van der Waals surface area contributed by atoms with E-state index in [0.717, 1.165) is 25.6 Å². The second-order valence-electron chi connectivity index (χ2n) is 4.98. The summed E-state index contributed by atoms with van der Waals surface area (Å²) in [7, 11) is 0. The van der Waals surface area contributed by atoms with E-state index in [0.29, 0.717) is 12.5 Å². The molecule has 0 saturated carbocycles. The van der Waals surface area contributed by atoms with Crippen LogP contribution in [0.1, 0.15) is 19.8 Å². The number of pyridine rings is 1. The van der Waals surface area contributed by atoms with Gasteiger partial charge >= 0.3 is 0 Å². The molecular formula is C13H19N3O3. The van der Waals surface area contributed by atoms with Crippen LogP contribution in [0.15, 0.2) is 18.3 Å². The van der Waals surface area contributed by atoms with Crippen LogP contribution in [-0.2, 0) is 0 Å². The van der Waals surface area contributed by atoms with Crippen molar-refractivity contribution in [3.8, 4) is 5.88 Å². The van der Waals surface area contributed by atoms with Crippen molar-refractivity contribution >= 4 is 5.69 Å². The van der Waals surface area contributed by atoms with Gasteiger partial charge in [-0.05, 0) is 31.8 Å². The number of ether oxygens (including phenoxy) is 1. The Kier molecular flexibility index (Phi) is 4.68. The molecule has 19 heavy (non-hydrogen) atoms. The monoisotopic (exact) mass is 265 g/mol. The molecule has 1 aromatic heterocycles. The Morgan fingerprint density at radius 3 is 2.79 bits per heavy atom. The van der Waals surface area contributed by atoms with E-state index >= 15 is 0 Å². The molecule has 0 N–H and O–H groups in total. The number of hydrogen-bond donors (Lipinski definition) is 0. The molecule has 6 nitrogen and oxygen atoms in total. The fourth-order valence-corrected chi connectivity index (χ4v) is 2.13. The Morgan fingerprint density at radius 1 is 1.47 bits per heavy atom. The van der Waals surface area contributed by atoms with Crippen LogP contribution in [0.25, 0.3) is 0 Å². The second kappa shape index (κ2) is 6.47. The van der Waals surface area contributed by atoms with Crippen molar-refractivity contribution in [2.45, 2.75) is 19.8 Å². The lowest BCUT2D eigenvalue weighted by atomic mass is 9.99. The Bertz CT molecular complexity index is 414. The molecule has 1 saturated heterocycles. The molecule has 0 spiro atoms. The third-order valence-corrected chi connectivity index (χ3v) is 3.47. The number of hydrogen-bond acceptors (Lipinski definition) is 5. The summed E-state index contributed by atoms with van der Waals surface area (Å²) in [5.74, 6) is 1.27. The van der Waals surface area contributed by atoms with E-state index in [4.69, 9.17) is 4.74 Å². The highest BCUT2D eigenvalue weighted by molar-refractivity contribution is 5.28. The molecule has 1 aromatic rings. The first-order chi connectivity index (χ1) is 9.15. The van der Waals surface area contributed by atoms with Gasteiger partial charge in [-0.15, -0.1) is 0 Å². The highest BCUT2D eigenvalue weighted by atomic mass is 16.6. The first-order valence-corrected chi connectivity index (χ1v) is 6.61. The lowest BCUT2D eigenvalue weighted by Crippen LogP contribution is -2.35. The van der Waals surface area contributed by atoms with Gasteiger partial charge in [0.2, 0.25) is 5.88 Å². The van der Waals surface area contributed by atoms with Crippen LogP contribution in [0.4, 0.5) is 5.69 Å². The van der Waals surface area contributed by atoms with E-state index in [2.05, 4.69) is 16.8 Å². The number of nitrogens with zero attached hydrogens (tertiary/aromatic N) is 3. The third kappa shape index (κ3) is 4.17. The molecule has 0 aromatic carbocycles. The summed E-state index contributed by atoms with van der Waals surface area (Å²) in [5.41, 5.74) is -0.0163. The van der Waals surface area contributed by atoms with Crippen LogP contribution in [0.2, 0.25) is 0 Å². The van der Waals surface area contributed by atoms with Crippen LogP contribution in [-0.4, -0.2) is 41.0 Å². The maximum absolute atomic E-state index is 10.5. The third-order valence-electron chi connectivity index (χ3n) is 3.47. The molecule has 0 atom stereocenters. The van der Waals surface area contributed by atoms with E-state index in [-0.39, 0.29) is 5.69 Å². The highest BCUT2D eigenvalue weighted by Gasteiger charge is 2.15. The van der Waals surface area contributed by atoms with E-state index in [1.165, 1.54) is 31.2 Å². The number of aromatic nitrogens is 1. The summed E-state index contributed by atoms with van der Waals surface area (Å²) in [6, 6.07) is 2.95. The van der Waals surface area contributed by atoms with E-state index in [9.17, 15) is 10.1 Å². The summed E-state index contributed by atoms with van der Waals surface area (Å²) in [5, 5.41) is 10.5. The second-order valence-corrected chi connectivity index (χ2v) is 4.98. The van der Waals surface area contributed by atoms with Gasteiger partial charge in [-0.3, -0.25) is 15.0 Å². The van der Waals surface area contributed by atoms with Gasteiger partial charge in [-0.25, -0.2) is 4.98 Å². The molecule has 2 heterocycles. The minimum atomic E-state index is -0.467. The topological polar surface area (TPSA) is 68.5 Å². The van der Waals surface area contributed by atoms with Crippen molar-refractivity contribution in [2.24, 2.45) is 5.92 Å². The fourth-order valence-electron chi connectivity index (χ4n) is 2.13. The van der Waals surface area contributed by atoms with Crippen molar-refractivity contribution < 1.29 is 9.66 Å². The highest BCUT2D eigenvalue weighted by Crippen LogP contribution is 2.16. The zero-order valence-electron chi connectivity index (χ0n) is 11.1. The number of nitro groups is 1. The predicted molar refractivity (Wildman–Crippen MR) is 71.2 cm³/mol. The quantitative estimate of drug-likeness (QED) is 0.602. The molecular weight excluding hydrogens is 246 g/mol. The van der Waals surface area contributed by atoms with Crippen molar-refractivity contribution in [3.63, 3.8) is 0 Å². The Hall–Kier alpha value is -1.69. The summed E-state index contributed by atoms with van der Waals surface area (Å²) in [6.07, 6.45) is 3.71. The van der Waals surface area contributed by atoms with E-state index in [1.807, 2.05) is 0 Å². The molecule has 6 heteroatoms. The van der Waals surface area contributed by atoms with Gasteiger partial charge in [0.25, 0.3) is 5.69 Å². The lowest BCUT2D eigenvalue weighted by molar-refractivity contribution is -0.385. The van der Waals surface area contributed by atoms with Gasteiger partial charge in [0.15, 0.2) is 0 Å². The zero-order chi connectivity index (χ0) is 13.7. The first kappa shape index (κ1) is 13.7. The number of likely N-dealkylation sites (tertiary alicyclic amines) is 1. The van der Waals surface area contributed by atoms with E-state index < -0.39 is 4.92 Å². The van der Waals surface area contributed by atoms with Crippen molar-refractivity contribution in [3.05, 3.63) is 28.4 Å². The Balaban J connectivity index is 1.72. The molecule has 0 radical (unpaired) electrons. The summed E-state index contributed by atoms with van der Waals surface area (Å²) in [4.78, 5) is 16.3.